The molecule has 2 aromatic heterocycles. The van der Waals surface area contributed by atoms with Crippen LogP contribution in [0.2, 0.25) is 5.02 Å². The van der Waals surface area contributed by atoms with Crippen LogP contribution in [0.25, 0.3) is 5.69 Å². The van der Waals surface area contributed by atoms with Gasteiger partial charge in [-0.3, -0.25) is 9.47 Å². The lowest BCUT2D eigenvalue weighted by molar-refractivity contribution is -0.200. The van der Waals surface area contributed by atoms with Crippen LogP contribution in [0, 0.1) is 18.2 Å². The van der Waals surface area contributed by atoms with Gasteiger partial charge in [-0.25, -0.2) is 14.4 Å². The van der Waals surface area contributed by atoms with E-state index in [1.807, 2.05) is 15.5 Å². The highest BCUT2D eigenvalue weighted by atomic mass is 35.5. The lowest BCUT2D eigenvalue weighted by Crippen LogP contribution is -2.62. The summed E-state index contributed by atoms with van der Waals surface area (Å²) in [6.07, 6.45) is -1.15. The van der Waals surface area contributed by atoms with Crippen LogP contribution in [0.15, 0.2) is 24.4 Å². The standard InChI is InChI=1S/C25H24ClF4N7/c1-14-18(27)9-31-22(32-14)35-12-23(13-35)7-16(8-23)21-34-33-20-11-36(24(4-5-24)25(28,29)30)10-15-6-17(26)2-3-19(15)37(20)21/h2-3,6,9,16H,4-5,7-8,10-13H2,1H3. The molecule has 3 fully saturated rings. The second-order valence-corrected chi connectivity index (χ2v) is 11.5. The van der Waals surface area contributed by atoms with Crippen molar-refractivity contribution in [1.82, 2.24) is 29.6 Å². The highest BCUT2D eigenvalue weighted by Crippen LogP contribution is 2.58. The number of halogens is 5. The van der Waals surface area contributed by atoms with Crippen molar-refractivity contribution in [2.75, 3.05) is 18.0 Å². The number of alkyl halides is 3. The summed E-state index contributed by atoms with van der Waals surface area (Å²) in [7, 11) is 0. The number of aryl methyl sites for hydroxylation is 1. The van der Waals surface area contributed by atoms with Crippen LogP contribution < -0.4 is 4.90 Å². The van der Waals surface area contributed by atoms with Gasteiger partial charge in [0.25, 0.3) is 0 Å². The number of fused-ring (bicyclic) bond motifs is 3. The maximum absolute atomic E-state index is 14.0. The molecule has 0 unspecified atom stereocenters. The molecule has 12 heteroatoms. The Morgan fingerprint density at radius 1 is 1.08 bits per heavy atom. The van der Waals surface area contributed by atoms with Crippen molar-refractivity contribution in [3.05, 3.63) is 58.1 Å². The quantitative estimate of drug-likeness (QED) is 0.444. The van der Waals surface area contributed by atoms with E-state index < -0.39 is 17.5 Å². The number of anilines is 1. The molecule has 4 heterocycles. The lowest BCUT2D eigenvalue weighted by Gasteiger charge is -2.58. The number of hydrogen-bond donors (Lipinski definition) is 0. The Morgan fingerprint density at radius 3 is 2.51 bits per heavy atom. The average molecular weight is 534 g/mol. The Hall–Kier alpha value is -2.79. The minimum Gasteiger partial charge on any atom is -0.340 e. The smallest absolute Gasteiger partial charge is 0.340 e. The third kappa shape index (κ3) is 3.49. The van der Waals surface area contributed by atoms with Crippen LogP contribution in [0.3, 0.4) is 0 Å². The van der Waals surface area contributed by atoms with Crippen LogP contribution in [-0.2, 0) is 13.1 Å². The zero-order valence-corrected chi connectivity index (χ0v) is 20.8. The second kappa shape index (κ2) is 7.63. The van der Waals surface area contributed by atoms with E-state index >= 15 is 0 Å². The van der Waals surface area contributed by atoms with Gasteiger partial charge < -0.3 is 4.90 Å². The van der Waals surface area contributed by atoms with Gasteiger partial charge in [-0.2, -0.15) is 13.2 Å². The number of hydrogen-bond acceptors (Lipinski definition) is 6. The Bertz CT molecular complexity index is 1400. The van der Waals surface area contributed by atoms with Crippen molar-refractivity contribution in [1.29, 1.82) is 0 Å². The molecule has 7 nitrogen and oxygen atoms in total. The molecule has 1 saturated heterocycles. The van der Waals surface area contributed by atoms with Gasteiger partial charge in [0, 0.05) is 36.0 Å². The molecule has 4 aliphatic rings. The van der Waals surface area contributed by atoms with Gasteiger partial charge in [-0.05, 0) is 56.4 Å². The molecule has 1 spiro atoms. The summed E-state index contributed by atoms with van der Waals surface area (Å²) in [4.78, 5) is 11.9. The first-order chi connectivity index (χ1) is 17.6. The fraction of sp³-hybridized carbons (Fsp3) is 0.520. The first-order valence-corrected chi connectivity index (χ1v) is 12.7. The van der Waals surface area contributed by atoms with E-state index in [0.717, 1.165) is 43.0 Å². The normalized spacial score (nSPS) is 22.2. The maximum Gasteiger partial charge on any atom is 0.406 e. The molecule has 1 aromatic carbocycles. The number of nitrogens with zero attached hydrogens (tertiary/aromatic N) is 7. The minimum atomic E-state index is -4.31. The van der Waals surface area contributed by atoms with Gasteiger partial charge in [0.1, 0.15) is 11.4 Å². The van der Waals surface area contributed by atoms with Crippen molar-refractivity contribution in [3.63, 3.8) is 0 Å². The third-order valence-electron chi connectivity index (χ3n) is 8.55. The fourth-order valence-corrected chi connectivity index (χ4v) is 6.61. The second-order valence-electron chi connectivity index (χ2n) is 11.0. The molecule has 0 N–H and O–H groups in total. The van der Waals surface area contributed by atoms with E-state index in [2.05, 4.69) is 20.2 Å². The maximum atomic E-state index is 14.0. The molecule has 3 aromatic rings. The van der Waals surface area contributed by atoms with E-state index in [1.165, 1.54) is 11.1 Å². The first-order valence-electron chi connectivity index (χ1n) is 12.4. The van der Waals surface area contributed by atoms with Crippen LogP contribution in [0.4, 0.5) is 23.5 Å². The lowest BCUT2D eigenvalue weighted by atomic mass is 9.57. The van der Waals surface area contributed by atoms with Crippen molar-refractivity contribution in [3.8, 4) is 5.69 Å². The van der Waals surface area contributed by atoms with E-state index in [0.29, 0.717) is 22.5 Å². The zero-order chi connectivity index (χ0) is 25.7. The molecule has 0 amide bonds. The number of aromatic nitrogens is 5. The molecule has 194 valence electrons. The monoisotopic (exact) mass is 533 g/mol. The molecule has 0 bridgehead atoms. The molecule has 2 aliphatic heterocycles. The Morgan fingerprint density at radius 2 is 1.84 bits per heavy atom. The van der Waals surface area contributed by atoms with Crippen LogP contribution in [0.5, 0.6) is 0 Å². The molecule has 37 heavy (non-hydrogen) atoms. The molecule has 2 aliphatic carbocycles. The van der Waals surface area contributed by atoms with Gasteiger partial charge in [0.05, 0.1) is 24.1 Å². The largest absolute Gasteiger partial charge is 0.406 e. The Kier molecular flexibility index (Phi) is 4.81. The third-order valence-corrected chi connectivity index (χ3v) is 8.79. The summed E-state index contributed by atoms with van der Waals surface area (Å²) < 4.78 is 57.6. The average Bonchev–Trinajstić information content (AvgIpc) is 3.54. The Balaban J connectivity index is 1.15. The van der Waals surface area contributed by atoms with Gasteiger partial charge in [-0.15, -0.1) is 10.2 Å². The van der Waals surface area contributed by atoms with E-state index in [1.54, 1.807) is 19.1 Å². The zero-order valence-electron chi connectivity index (χ0n) is 20.1. The molecule has 2 saturated carbocycles. The van der Waals surface area contributed by atoms with Crippen LogP contribution in [-0.4, -0.2) is 54.4 Å². The van der Waals surface area contributed by atoms with Gasteiger partial charge in [0.15, 0.2) is 11.6 Å². The van der Waals surface area contributed by atoms with Crippen molar-refractivity contribution in [2.24, 2.45) is 5.41 Å². The molecule has 7 rings (SSSR count). The van der Waals surface area contributed by atoms with Crippen molar-refractivity contribution < 1.29 is 17.6 Å². The summed E-state index contributed by atoms with van der Waals surface area (Å²) in [5.41, 5.74) is 0.165. The minimum absolute atomic E-state index is 0.0751. The first kappa shape index (κ1) is 23.3. The molecule has 0 radical (unpaired) electrons. The summed E-state index contributed by atoms with van der Waals surface area (Å²) in [6.45, 7) is 3.41. The molecular formula is C25H24ClF4N7. The van der Waals surface area contributed by atoms with Crippen LogP contribution in [0.1, 0.15) is 54.5 Å². The highest BCUT2D eigenvalue weighted by Gasteiger charge is 2.67. The number of rotatable bonds is 3. The summed E-state index contributed by atoms with van der Waals surface area (Å²) >= 11 is 6.27. The van der Waals surface area contributed by atoms with Gasteiger partial charge >= 0.3 is 6.18 Å². The predicted octanol–water partition coefficient (Wildman–Crippen LogP) is 4.95. The summed E-state index contributed by atoms with van der Waals surface area (Å²) in [6, 6.07) is 5.38. The molecule has 0 atom stereocenters. The van der Waals surface area contributed by atoms with E-state index in [-0.39, 0.29) is 37.3 Å². The topological polar surface area (TPSA) is 63.0 Å². The summed E-state index contributed by atoms with van der Waals surface area (Å²) in [5, 5.41) is 9.38. The predicted molar refractivity (Wildman–Crippen MR) is 127 cm³/mol. The number of benzene rings is 1. The van der Waals surface area contributed by atoms with Gasteiger partial charge in [-0.1, -0.05) is 11.6 Å². The highest BCUT2D eigenvalue weighted by molar-refractivity contribution is 6.30. The fourth-order valence-electron chi connectivity index (χ4n) is 6.41. The van der Waals surface area contributed by atoms with E-state index in [4.69, 9.17) is 11.6 Å². The van der Waals surface area contributed by atoms with Crippen LogP contribution >= 0.6 is 11.6 Å². The molecular weight excluding hydrogens is 510 g/mol. The van der Waals surface area contributed by atoms with Crippen molar-refractivity contribution >= 4 is 17.5 Å². The van der Waals surface area contributed by atoms with Crippen molar-refractivity contribution in [2.45, 2.75) is 63.3 Å². The SMILES string of the molecule is Cc1nc(N2CC3(CC(c4nnc5n4-c4ccc(Cl)cc4CN(C4(C(F)(F)F)CC4)C5)C3)C2)ncc1F. The van der Waals surface area contributed by atoms with E-state index in [9.17, 15) is 17.6 Å². The van der Waals surface area contributed by atoms with Gasteiger partial charge in [0.2, 0.25) is 5.95 Å². The Labute approximate surface area is 215 Å². The summed E-state index contributed by atoms with van der Waals surface area (Å²) in [5.74, 6) is 1.58.